The van der Waals surface area contributed by atoms with Gasteiger partial charge in [0.2, 0.25) is 0 Å². The Morgan fingerprint density at radius 1 is 1.24 bits per heavy atom. The summed E-state index contributed by atoms with van der Waals surface area (Å²) in [4.78, 5) is 25.5. The Balaban J connectivity index is 2.02. The molecule has 0 bridgehead atoms. The van der Waals surface area contributed by atoms with Gasteiger partial charge in [0.1, 0.15) is 0 Å². The third-order valence-corrected chi connectivity index (χ3v) is 4.13. The van der Waals surface area contributed by atoms with Crippen LogP contribution in [0.1, 0.15) is 34.2 Å². The van der Waals surface area contributed by atoms with Crippen molar-refractivity contribution < 1.29 is 14.3 Å². The summed E-state index contributed by atoms with van der Waals surface area (Å²) in [5.74, 6) is -0.794. The highest BCUT2D eigenvalue weighted by atomic mass is 16.5. The lowest BCUT2D eigenvalue weighted by Crippen LogP contribution is -2.34. The standard InChI is InChI=1S/C19H25N3O3/c1-13(19(24)25-5)11-21(4)18(23)17-8-6-16(7-9-17)12-22-15(3)10-14(2)20-22/h6-10,13H,11-12H2,1-5H3/t13-/m0/s1. The Kier molecular flexibility index (Phi) is 5.96. The summed E-state index contributed by atoms with van der Waals surface area (Å²) in [5, 5.41) is 4.45. The van der Waals surface area contributed by atoms with Crippen LogP contribution >= 0.6 is 0 Å². The summed E-state index contributed by atoms with van der Waals surface area (Å²) >= 11 is 0. The second kappa shape index (κ2) is 7.96. The number of rotatable bonds is 6. The third kappa shape index (κ3) is 4.68. The van der Waals surface area contributed by atoms with Crippen molar-refractivity contribution in [1.82, 2.24) is 14.7 Å². The molecular weight excluding hydrogens is 318 g/mol. The number of methoxy groups -OCH3 is 1. The largest absolute Gasteiger partial charge is 0.469 e. The quantitative estimate of drug-likeness (QED) is 0.756. The molecule has 0 aliphatic heterocycles. The van der Waals surface area contributed by atoms with Crippen molar-refractivity contribution in [3.8, 4) is 0 Å². The minimum absolute atomic E-state index is 0.117. The van der Waals surface area contributed by atoms with E-state index in [0.29, 0.717) is 18.7 Å². The van der Waals surface area contributed by atoms with Crippen LogP contribution in [0.25, 0.3) is 0 Å². The number of hydrogen-bond acceptors (Lipinski definition) is 4. The molecule has 0 aliphatic rings. The van der Waals surface area contributed by atoms with Crippen molar-refractivity contribution in [2.75, 3.05) is 20.7 Å². The fourth-order valence-corrected chi connectivity index (χ4v) is 2.75. The zero-order valence-electron chi connectivity index (χ0n) is 15.4. The fraction of sp³-hybridized carbons (Fsp3) is 0.421. The normalized spacial score (nSPS) is 11.9. The van der Waals surface area contributed by atoms with Gasteiger partial charge in [0.25, 0.3) is 5.91 Å². The van der Waals surface area contributed by atoms with Gasteiger partial charge in [0.15, 0.2) is 0 Å². The highest BCUT2D eigenvalue weighted by Gasteiger charge is 2.19. The average molecular weight is 343 g/mol. The van der Waals surface area contributed by atoms with Crippen LogP contribution in [0.2, 0.25) is 0 Å². The van der Waals surface area contributed by atoms with E-state index in [1.807, 2.05) is 48.9 Å². The average Bonchev–Trinajstić information content (AvgIpc) is 2.91. The summed E-state index contributed by atoms with van der Waals surface area (Å²) < 4.78 is 6.64. The molecule has 0 saturated carbocycles. The van der Waals surface area contributed by atoms with Crippen molar-refractivity contribution in [1.29, 1.82) is 0 Å². The molecule has 0 aliphatic carbocycles. The fourth-order valence-electron chi connectivity index (χ4n) is 2.75. The van der Waals surface area contributed by atoms with E-state index in [0.717, 1.165) is 17.0 Å². The molecule has 0 radical (unpaired) electrons. The van der Waals surface area contributed by atoms with E-state index in [9.17, 15) is 9.59 Å². The molecule has 25 heavy (non-hydrogen) atoms. The van der Waals surface area contributed by atoms with Crippen molar-refractivity contribution in [3.05, 3.63) is 52.8 Å². The minimum atomic E-state index is -0.357. The maximum Gasteiger partial charge on any atom is 0.310 e. The van der Waals surface area contributed by atoms with Crippen LogP contribution in [-0.2, 0) is 16.1 Å². The predicted octanol–water partition coefficient (Wildman–Crippen LogP) is 2.43. The number of aromatic nitrogens is 2. The topological polar surface area (TPSA) is 64.4 Å². The third-order valence-electron chi connectivity index (χ3n) is 4.13. The van der Waals surface area contributed by atoms with E-state index >= 15 is 0 Å². The molecule has 6 nitrogen and oxygen atoms in total. The second-order valence-electron chi connectivity index (χ2n) is 6.39. The molecule has 2 rings (SSSR count). The molecule has 1 aromatic heterocycles. The highest BCUT2D eigenvalue weighted by Crippen LogP contribution is 2.11. The molecule has 0 spiro atoms. The summed E-state index contributed by atoms with van der Waals surface area (Å²) in [5.41, 5.74) is 3.77. The monoisotopic (exact) mass is 343 g/mol. The molecule has 2 aromatic rings. The van der Waals surface area contributed by atoms with Crippen LogP contribution < -0.4 is 0 Å². The number of aryl methyl sites for hydroxylation is 2. The number of nitrogens with zero attached hydrogens (tertiary/aromatic N) is 3. The van der Waals surface area contributed by atoms with E-state index in [-0.39, 0.29) is 17.8 Å². The Morgan fingerprint density at radius 3 is 2.40 bits per heavy atom. The van der Waals surface area contributed by atoms with E-state index in [1.165, 1.54) is 12.0 Å². The smallest absolute Gasteiger partial charge is 0.310 e. The van der Waals surface area contributed by atoms with E-state index in [4.69, 9.17) is 4.74 Å². The van der Waals surface area contributed by atoms with E-state index < -0.39 is 0 Å². The van der Waals surface area contributed by atoms with Gasteiger partial charge in [-0.1, -0.05) is 19.1 Å². The summed E-state index contributed by atoms with van der Waals surface area (Å²) in [7, 11) is 3.04. The molecule has 1 aromatic carbocycles. The van der Waals surface area contributed by atoms with Crippen molar-refractivity contribution in [2.24, 2.45) is 5.92 Å². The number of hydrogen-bond donors (Lipinski definition) is 0. The Morgan fingerprint density at radius 2 is 1.88 bits per heavy atom. The zero-order valence-corrected chi connectivity index (χ0v) is 15.4. The van der Waals surface area contributed by atoms with E-state index in [2.05, 4.69) is 5.10 Å². The first-order valence-electron chi connectivity index (χ1n) is 8.25. The molecule has 0 unspecified atom stereocenters. The molecule has 0 saturated heterocycles. The van der Waals surface area contributed by atoms with Gasteiger partial charge < -0.3 is 9.64 Å². The summed E-state index contributed by atoms with van der Waals surface area (Å²) in [6, 6.07) is 9.52. The zero-order chi connectivity index (χ0) is 18.6. The van der Waals surface area contributed by atoms with Gasteiger partial charge in [-0.2, -0.15) is 5.10 Å². The Labute approximate surface area is 148 Å². The maximum atomic E-state index is 12.5. The number of carbonyl (C=O) groups excluding carboxylic acids is 2. The number of carbonyl (C=O) groups is 2. The van der Waals surface area contributed by atoms with Crippen molar-refractivity contribution in [3.63, 3.8) is 0 Å². The first-order chi connectivity index (χ1) is 11.8. The van der Waals surface area contributed by atoms with Gasteiger partial charge in [-0.05, 0) is 37.6 Å². The van der Waals surface area contributed by atoms with Crippen LogP contribution in [0, 0.1) is 19.8 Å². The number of esters is 1. The molecular formula is C19H25N3O3. The van der Waals surface area contributed by atoms with Gasteiger partial charge in [-0.25, -0.2) is 0 Å². The predicted molar refractivity (Wildman–Crippen MR) is 95.4 cm³/mol. The van der Waals surface area contributed by atoms with Crippen molar-refractivity contribution >= 4 is 11.9 Å². The lowest BCUT2D eigenvalue weighted by molar-refractivity contribution is -0.145. The summed E-state index contributed by atoms with van der Waals surface area (Å²) in [6.07, 6.45) is 0. The summed E-state index contributed by atoms with van der Waals surface area (Å²) in [6.45, 7) is 6.72. The second-order valence-corrected chi connectivity index (χ2v) is 6.39. The molecule has 134 valence electrons. The SMILES string of the molecule is COC(=O)[C@@H](C)CN(C)C(=O)c1ccc(Cn2nc(C)cc2C)cc1. The highest BCUT2D eigenvalue weighted by molar-refractivity contribution is 5.94. The van der Waals surface area contributed by atoms with Crippen LogP contribution in [-0.4, -0.2) is 47.3 Å². The first-order valence-corrected chi connectivity index (χ1v) is 8.25. The van der Waals surface area contributed by atoms with Gasteiger partial charge >= 0.3 is 5.97 Å². The van der Waals surface area contributed by atoms with Crippen LogP contribution in [0.3, 0.4) is 0 Å². The maximum absolute atomic E-state index is 12.5. The number of benzene rings is 1. The molecule has 0 N–H and O–H groups in total. The Hall–Kier alpha value is -2.63. The number of amides is 1. The molecule has 1 amide bonds. The number of ether oxygens (including phenoxy) is 1. The van der Waals surface area contributed by atoms with Gasteiger partial charge in [-0.15, -0.1) is 0 Å². The van der Waals surface area contributed by atoms with E-state index in [1.54, 1.807) is 14.0 Å². The molecule has 6 heteroatoms. The van der Waals surface area contributed by atoms with Gasteiger partial charge in [-0.3, -0.25) is 14.3 Å². The molecule has 1 atom stereocenters. The van der Waals surface area contributed by atoms with Gasteiger partial charge in [0, 0.05) is 24.8 Å². The lowest BCUT2D eigenvalue weighted by atomic mass is 10.1. The molecule has 0 fully saturated rings. The van der Waals surface area contributed by atoms with Crippen LogP contribution in [0.15, 0.2) is 30.3 Å². The lowest BCUT2D eigenvalue weighted by Gasteiger charge is -2.20. The Bertz CT molecular complexity index is 750. The van der Waals surface area contributed by atoms with Crippen molar-refractivity contribution in [2.45, 2.75) is 27.3 Å². The molecule has 1 heterocycles. The first kappa shape index (κ1) is 18.7. The minimum Gasteiger partial charge on any atom is -0.469 e. The van der Waals surface area contributed by atoms with Gasteiger partial charge in [0.05, 0.1) is 25.3 Å². The van der Waals surface area contributed by atoms with Crippen LogP contribution in [0.5, 0.6) is 0 Å². The van der Waals surface area contributed by atoms with Crippen LogP contribution in [0.4, 0.5) is 0 Å².